The second-order valence-corrected chi connectivity index (χ2v) is 5.33. The highest BCUT2D eigenvalue weighted by atomic mass is 16.5. The van der Waals surface area contributed by atoms with Crippen LogP contribution in [0.5, 0.6) is 11.5 Å². The quantitative estimate of drug-likeness (QED) is 0.659. The van der Waals surface area contributed by atoms with E-state index in [2.05, 4.69) is 10.5 Å². The first-order valence-electron chi connectivity index (χ1n) is 7.28. The van der Waals surface area contributed by atoms with Gasteiger partial charge < -0.3 is 9.84 Å². The topological polar surface area (TPSA) is 70.9 Å². The second-order valence-electron chi connectivity index (χ2n) is 5.33. The van der Waals surface area contributed by atoms with E-state index in [4.69, 9.17) is 4.74 Å². The maximum absolute atomic E-state index is 11.8. The molecule has 0 aliphatic rings. The third kappa shape index (κ3) is 4.57. The monoisotopic (exact) mass is 312 g/mol. The molecule has 2 aromatic rings. The van der Waals surface area contributed by atoms with Crippen molar-refractivity contribution in [2.45, 2.75) is 20.8 Å². The molecular weight excluding hydrogens is 292 g/mol. The molecule has 23 heavy (non-hydrogen) atoms. The summed E-state index contributed by atoms with van der Waals surface area (Å²) in [5.74, 6) is 0.589. The number of nitrogens with one attached hydrogen (secondary N) is 1. The Morgan fingerprint density at radius 1 is 1.13 bits per heavy atom. The minimum Gasteiger partial charge on any atom is -0.508 e. The standard InChI is InChI=1S/C18H20N2O3/c1-12-4-5-13(2)18(14(12)3)23-11-17(22)20-19-10-15-6-8-16(21)9-7-15/h4-10,21H,11H2,1-3H3,(H,20,22). The number of phenols is 1. The van der Waals surface area contributed by atoms with E-state index in [0.717, 1.165) is 28.0 Å². The van der Waals surface area contributed by atoms with Crippen LogP contribution >= 0.6 is 0 Å². The first-order chi connectivity index (χ1) is 11.0. The van der Waals surface area contributed by atoms with Gasteiger partial charge in [-0.15, -0.1) is 0 Å². The summed E-state index contributed by atoms with van der Waals surface area (Å²) in [5.41, 5.74) is 6.33. The van der Waals surface area contributed by atoms with Gasteiger partial charge in [-0.2, -0.15) is 5.10 Å². The highest BCUT2D eigenvalue weighted by Gasteiger charge is 2.08. The molecule has 5 nitrogen and oxygen atoms in total. The van der Waals surface area contributed by atoms with Crippen LogP contribution in [0, 0.1) is 20.8 Å². The fourth-order valence-electron chi connectivity index (χ4n) is 2.06. The zero-order chi connectivity index (χ0) is 16.8. The van der Waals surface area contributed by atoms with Crippen molar-refractivity contribution >= 4 is 12.1 Å². The lowest BCUT2D eigenvalue weighted by Gasteiger charge is -2.13. The number of phenolic OH excluding ortho intramolecular Hbond substituents is 1. The fourth-order valence-corrected chi connectivity index (χ4v) is 2.06. The summed E-state index contributed by atoms with van der Waals surface area (Å²) in [7, 11) is 0. The van der Waals surface area contributed by atoms with Gasteiger partial charge in [0.1, 0.15) is 11.5 Å². The molecule has 0 unspecified atom stereocenters. The zero-order valence-corrected chi connectivity index (χ0v) is 13.5. The molecule has 0 radical (unpaired) electrons. The van der Waals surface area contributed by atoms with Crippen molar-refractivity contribution in [3.63, 3.8) is 0 Å². The molecule has 120 valence electrons. The Labute approximate surface area is 135 Å². The molecule has 0 fully saturated rings. The SMILES string of the molecule is Cc1ccc(C)c(OCC(=O)NN=Cc2ccc(O)cc2)c1C. The molecule has 0 bridgehead atoms. The first kappa shape index (κ1) is 16.5. The number of benzene rings is 2. The van der Waals surface area contributed by atoms with Gasteiger partial charge in [0.05, 0.1) is 6.21 Å². The van der Waals surface area contributed by atoms with Gasteiger partial charge in [0, 0.05) is 0 Å². The summed E-state index contributed by atoms with van der Waals surface area (Å²) in [6, 6.07) is 10.5. The number of hydrogen-bond donors (Lipinski definition) is 2. The van der Waals surface area contributed by atoms with Crippen LogP contribution < -0.4 is 10.2 Å². The number of carbonyl (C=O) groups excluding carboxylic acids is 1. The van der Waals surface area contributed by atoms with Gasteiger partial charge >= 0.3 is 0 Å². The molecule has 0 spiro atoms. The molecular formula is C18H20N2O3. The van der Waals surface area contributed by atoms with E-state index in [1.54, 1.807) is 24.3 Å². The van der Waals surface area contributed by atoms with Crippen molar-refractivity contribution < 1.29 is 14.6 Å². The Morgan fingerprint density at radius 3 is 2.48 bits per heavy atom. The van der Waals surface area contributed by atoms with Crippen molar-refractivity contribution in [1.29, 1.82) is 0 Å². The van der Waals surface area contributed by atoms with Crippen LogP contribution in [0.4, 0.5) is 0 Å². The Morgan fingerprint density at radius 2 is 1.78 bits per heavy atom. The maximum atomic E-state index is 11.8. The van der Waals surface area contributed by atoms with Gasteiger partial charge in [-0.1, -0.05) is 12.1 Å². The average molecular weight is 312 g/mol. The highest BCUT2D eigenvalue weighted by molar-refractivity contribution is 5.83. The van der Waals surface area contributed by atoms with E-state index < -0.39 is 0 Å². The van der Waals surface area contributed by atoms with E-state index in [1.807, 2.05) is 32.9 Å². The van der Waals surface area contributed by atoms with Gasteiger partial charge in [-0.05, 0) is 67.3 Å². The number of carbonyl (C=O) groups is 1. The van der Waals surface area contributed by atoms with Crippen molar-refractivity contribution in [3.8, 4) is 11.5 Å². The van der Waals surface area contributed by atoms with Crippen molar-refractivity contribution in [3.05, 3.63) is 58.7 Å². The number of hydrazone groups is 1. The third-order valence-corrected chi connectivity index (χ3v) is 3.52. The molecule has 0 aliphatic carbocycles. The van der Waals surface area contributed by atoms with E-state index in [-0.39, 0.29) is 18.3 Å². The Bertz CT molecular complexity index is 722. The predicted octanol–water partition coefficient (Wildman–Crippen LogP) is 2.85. The van der Waals surface area contributed by atoms with Gasteiger partial charge in [0.2, 0.25) is 0 Å². The van der Waals surface area contributed by atoms with Gasteiger partial charge in [-0.3, -0.25) is 4.79 Å². The summed E-state index contributed by atoms with van der Waals surface area (Å²) < 4.78 is 5.61. The van der Waals surface area contributed by atoms with Gasteiger partial charge in [0.25, 0.3) is 5.91 Å². The third-order valence-electron chi connectivity index (χ3n) is 3.52. The van der Waals surface area contributed by atoms with Crippen molar-refractivity contribution in [1.82, 2.24) is 5.43 Å². The number of aryl methyl sites for hydroxylation is 2. The molecule has 0 aromatic heterocycles. The summed E-state index contributed by atoms with van der Waals surface area (Å²) in [4.78, 5) is 11.8. The normalized spacial score (nSPS) is 10.7. The minimum absolute atomic E-state index is 0.0992. The smallest absolute Gasteiger partial charge is 0.277 e. The van der Waals surface area contributed by atoms with Crippen LogP contribution in [0.2, 0.25) is 0 Å². The second kappa shape index (κ2) is 7.45. The van der Waals surface area contributed by atoms with E-state index in [9.17, 15) is 9.90 Å². The fraction of sp³-hybridized carbons (Fsp3) is 0.222. The van der Waals surface area contributed by atoms with Crippen LogP contribution in [0.3, 0.4) is 0 Å². The molecule has 0 saturated carbocycles. The molecule has 0 aliphatic heterocycles. The molecule has 1 amide bonds. The predicted molar refractivity (Wildman–Crippen MR) is 90.0 cm³/mol. The van der Waals surface area contributed by atoms with Crippen LogP contribution in [0.15, 0.2) is 41.5 Å². The molecule has 5 heteroatoms. The molecule has 2 rings (SSSR count). The van der Waals surface area contributed by atoms with E-state index in [1.165, 1.54) is 6.21 Å². The minimum atomic E-state index is -0.333. The lowest BCUT2D eigenvalue weighted by atomic mass is 10.1. The Balaban J connectivity index is 1.88. The molecule has 0 heterocycles. The number of rotatable bonds is 5. The van der Waals surface area contributed by atoms with E-state index in [0.29, 0.717) is 0 Å². The number of ether oxygens (including phenoxy) is 1. The summed E-state index contributed by atoms with van der Waals surface area (Å²) in [6.45, 7) is 5.82. The summed E-state index contributed by atoms with van der Waals surface area (Å²) >= 11 is 0. The molecule has 2 N–H and O–H groups in total. The number of aromatic hydroxyl groups is 1. The van der Waals surface area contributed by atoms with Crippen LogP contribution in [-0.2, 0) is 4.79 Å². The Kier molecular flexibility index (Phi) is 5.36. The lowest BCUT2D eigenvalue weighted by molar-refractivity contribution is -0.123. The average Bonchev–Trinajstić information content (AvgIpc) is 2.53. The number of amides is 1. The van der Waals surface area contributed by atoms with Crippen LogP contribution in [0.25, 0.3) is 0 Å². The van der Waals surface area contributed by atoms with Gasteiger partial charge in [0.15, 0.2) is 6.61 Å². The van der Waals surface area contributed by atoms with E-state index >= 15 is 0 Å². The van der Waals surface area contributed by atoms with Gasteiger partial charge in [-0.25, -0.2) is 5.43 Å². The molecule has 0 saturated heterocycles. The zero-order valence-electron chi connectivity index (χ0n) is 13.5. The molecule has 0 atom stereocenters. The lowest BCUT2D eigenvalue weighted by Crippen LogP contribution is -2.25. The first-order valence-corrected chi connectivity index (χ1v) is 7.28. The number of nitrogens with zero attached hydrogens (tertiary/aromatic N) is 1. The van der Waals surface area contributed by atoms with Crippen LogP contribution in [-0.4, -0.2) is 23.8 Å². The maximum Gasteiger partial charge on any atom is 0.277 e. The summed E-state index contributed by atoms with van der Waals surface area (Å²) in [6.07, 6.45) is 1.50. The summed E-state index contributed by atoms with van der Waals surface area (Å²) in [5, 5.41) is 13.0. The number of hydrogen-bond acceptors (Lipinski definition) is 4. The van der Waals surface area contributed by atoms with Crippen molar-refractivity contribution in [2.75, 3.05) is 6.61 Å². The Hall–Kier alpha value is -2.82. The largest absolute Gasteiger partial charge is 0.508 e. The van der Waals surface area contributed by atoms with Crippen LogP contribution in [0.1, 0.15) is 22.3 Å². The molecule has 2 aromatic carbocycles. The highest BCUT2D eigenvalue weighted by Crippen LogP contribution is 2.25. The van der Waals surface area contributed by atoms with Crippen molar-refractivity contribution in [2.24, 2.45) is 5.10 Å².